The molecule has 3 heteroatoms. The molecule has 3 nitrogen and oxygen atoms in total. The van der Waals surface area contributed by atoms with Gasteiger partial charge in [0.1, 0.15) is 5.75 Å². The third-order valence-electron chi connectivity index (χ3n) is 5.14. The van der Waals surface area contributed by atoms with Gasteiger partial charge < -0.3 is 14.4 Å². The SMILES string of the molecule is COc1ccc2c(c1)C1(C)CCN(C)C(C2)C1OC. The van der Waals surface area contributed by atoms with Crippen molar-refractivity contribution in [1.82, 2.24) is 4.90 Å². The van der Waals surface area contributed by atoms with Crippen molar-refractivity contribution >= 4 is 0 Å². The smallest absolute Gasteiger partial charge is 0.119 e. The van der Waals surface area contributed by atoms with E-state index in [4.69, 9.17) is 9.47 Å². The molecule has 2 aliphatic rings. The van der Waals surface area contributed by atoms with E-state index in [0.717, 1.165) is 25.1 Å². The van der Waals surface area contributed by atoms with E-state index < -0.39 is 0 Å². The Morgan fingerprint density at radius 2 is 2.11 bits per heavy atom. The zero-order valence-electron chi connectivity index (χ0n) is 12.3. The molecule has 3 atom stereocenters. The normalized spacial score (nSPS) is 33.9. The molecule has 1 aromatic rings. The maximum absolute atomic E-state index is 5.88. The second-order valence-corrected chi connectivity index (χ2v) is 6.10. The summed E-state index contributed by atoms with van der Waals surface area (Å²) in [5, 5.41) is 0. The van der Waals surface area contributed by atoms with Crippen LogP contribution in [0.5, 0.6) is 5.75 Å². The van der Waals surface area contributed by atoms with E-state index in [1.54, 1.807) is 7.11 Å². The van der Waals surface area contributed by atoms with Crippen molar-refractivity contribution in [2.24, 2.45) is 0 Å². The molecule has 1 aromatic carbocycles. The lowest BCUT2D eigenvalue weighted by molar-refractivity contribution is -0.0663. The molecule has 3 unspecified atom stereocenters. The van der Waals surface area contributed by atoms with Crippen LogP contribution >= 0.6 is 0 Å². The minimum atomic E-state index is 0.105. The molecule has 104 valence electrons. The lowest BCUT2D eigenvalue weighted by atomic mass is 9.63. The molecule has 1 aliphatic carbocycles. The number of nitrogens with zero attached hydrogens (tertiary/aromatic N) is 1. The zero-order chi connectivity index (χ0) is 13.6. The average molecular weight is 261 g/mol. The topological polar surface area (TPSA) is 21.7 Å². The van der Waals surface area contributed by atoms with E-state index in [0.29, 0.717) is 6.04 Å². The van der Waals surface area contributed by atoms with E-state index in [2.05, 4.69) is 37.1 Å². The number of ether oxygens (including phenoxy) is 2. The standard InChI is InChI=1S/C16H23NO2/c1-16-7-8-17(2)14(15(16)19-4)9-11-5-6-12(18-3)10-13(11)16/h5-6,10,14-15H,7-9H2,1-4H3. The number of piperidine rings is 1. The Morgan fingerprint density at radius 3 is 2.79 bits per heavy atom. The summed E-state index contributed by atoms with van der Waals surface area (Å²) in [6, 6.07) is 7.00. The van der Waals surface area contributed by atoms with E-state index in [-0.39, 0.29) is 11.5 Å². The van der Waals surface area contributed by atoms with Crippen LogP contribution in [-0.4, -0.2) is 44.9 Å². The van der Waals surface area contributed by atoms with Crippen molar-refractivity contribution in [3.8, 4) is 5.75 Å². The number of methoxy groups -OCH3 is 2. The van der Waals surface area contributed by atoms with Crippen LogP contribution in [0.15, 0.2) is 18.2 Å². The maximum atomic E-state index is 5.88. The van der Waals surface area contributed by atoms with Crippen molar-refractivity contribution in [2.75, 3.05) is 27.8 Å². The predicted octanol–water partition coefficient (Wildman–Crippen LogP) is 2.23. The summed E-state index contributed by atoms with van der Waals surface area (Å²) in [5.41, 5.74) is 2.98. The lowest BCUT2D eigenvalue weighted by Crippen LogP contribution is -2.61. The molecule has 1 fully saturated rings. The van der Waals surface area contributed by atoms with Crippen LogP contribution in [0.2, 0.25) is 0 Å². The minimum absolute atomic E-state index is 0.105. The number of fused-ring (bicyclic) bond motifs is 4. The maximum Gasteiger partial charge on any atom is 0.119 e. The largest absolute Gasteiger partial charge is 0.497 e. The van der Waals surface area contributed by atoms with Gasteiger partial charge in [-0.3, -0.25) is 0 Å². The van der Waals surface area contributed by atoms with Gasteiger partial charge >= 0.3 is 0 Å². The summed E-state index contributed by atoms with van der Waals surface area (Å²) in [4.78, 5) is 2.45. The van der Waals surface area contributed by atoms with Crippen LogP contribution < -0.4 is 4.74 Å². The Balaban J connectivity index is 2.13. The lowest BCUT2D eigenvalue weighted by Gasteiger charge is -2.53. The summed E-state index contributed by atoms with van der Waals surface area (Å²) in [6.45, 7) is 3.48. The van der Waals surface area contributed by atoms with Crippen LogP contribution in [0, 0.1) is 0 Å². The van der Waals surface area contributed by atoms with Gasteiger partial charge in [-0.15, -0.1) is 0 Å². The number of benzene rings is 1. The second kappa shape index (κ2) is 4.50. The van der Waals surface area contributed by atoms with Crippen LogP contribution in [0.4, 0.5) is 0 Å². The van der Waals surface area contributed by atoms with Crippen LogP contribution in [0.25, 0.3) is 0 Å². The van der Waals surface area contributed by atoms with Crippen LogP contribution in [0.3, 0.4) is 0 Å². The molecule has 1 aliphatic heterocycles. The first kappa shape index (κ1) is 12.9. The summed E-state index contributed by atoms with van der Waals surface area (Å²) in [7, 11) is 5.79. The van der Waals surface area contributed by atoms with Crippen LogP contribution in [-0.2, 0) is 16.6 Å². The fraction of sp³-hybridized carbons (Fsp3) is 0.625. The minimum Gasteiger partial charge on any atom is -0.497 e. The Bertz CT molecular complexity index is 488. The predicted molar refractivity (Wildman–Crippen MR) is 75.9 cm³/mol. The monoisotopic (exact) mass is 261 g/mol. The van der Waals surface area contributed by atoms with E-state index in [1.807, 2.05) is 7.11 Å². The summed E-state index contributed by atoms with van der Waals surface area (Å²) < 4.78 is 11.3. The fourth-order valence-electron chi connectivity index (χ4n) is 3.96. The van der Waals surface area contributed by atoms with E-state index in [9.17, 15) is 0 Å². The van der Waals surface area contributed by atoms with Crippen molar-refractivity contribution in [3.63, 3.8) is 0 Å². The highest BCUT2D eigenvalue weighted by atomic mass is 16.5. The first-order valence-electron chi connectivity index (χ1n) is 7.00. The second-order valence-electron chi connectivity index (χ2n) is 6.10. The third-order valence-corrected chi connectivity index (χ3v) is 5.14. The third kappa shape index (κ3) is 1.79. The van der Waals surface area contributed by atoms with Gasteiger partial charge in [-0.25, -0.2) is 0 Å². The van der Waals surface area contributed by atoms with E-state index in [1.165, 1.54) is 11.1 Å². The molecule has 1 saturated heterocycles. The van der Waals surface area contributed by atoms with E-state index >= 15 is 0 Å². The summed E-state index contributed by atoms with van der Waals surface area (Å²) in [5.74, 6) is 0.951. The number of rotatable bonds is 2. The molecule has 0 N–H and O–H groups in total. The highest BCUT2D eigenvalue weighted by Gasteiger charge is 2.50. The molecular weight excluding hydrogens is 238 g/mol. The molecular formula is C16H23NO2. The Kier molecular flexibility index (Phi) is 3.06. The van der Waals surface area contributed by atoms with Gasteiger partial charge in [0.05, 0.1) is 13.2 Å². The van der Waals surface area contributed by atoms with Gasteiger partial charge in [0, 0.05) is 18.6 Å². The molecule has 1 heterocycles. The molecule has 0 spiro atoms. The van der Waals surface area contributed by atoms with Crippen molar-refractivity contribution < 1.29 is 9.47 Å². The van der Waals surface area contributed by atoms with Gasteiger partial charge in [0.15, 0.2) is 0 Å². The van der Waals surface area contributed by atoms with Gasteiger partial charge in [0.25, 0.3) is 0 Å². The number of hydrogen-bond acceptors (Lipinski definition) is 3. The Morgan fingerprint density at radius 1 is 1.32 bits per heavy atom. The molecule has 0 amide bonds. The molecule has 2 bridgehead atoms. The van der Waals surface area contributed by atoms with Gasteiger partial charge in [-0.05, 0) is 49.7 Å². The first-order chi connectivity index (χ1) is 9.10. The van der Waals surface area contributed by atoms with Crippen molar-refractivity contribution in [3.05, 3.63) is 29.3 Å². The highest BCUT2D eigenvalue weighted by molar-refractivity contribution is 5.45. The molecule has 3 rings (SSSR count). The Hall–Kier alpha value is -1.06. The molecule has 0 saturated carbocycles. The molecule has 0 radical (unpaired) electrons. The van der Waals surface area contributed by atoms with Crippen LogP contribution in [0.1, 0.15) is 24.5 Å². The molecule has 19 heavy (non-hydrogen) atoms. The first-order valence-corrected chi connectivity index (χ1v) is 7.00. The Labute approximate surface area is 115 Å². The number of likely N-dealkylation sites (N-methyl/N-ethyl adjacent to an activating group) is 1. The van der Waals surface area contributed by atoms with Crippen molar-refractivity contribution in [1.29, 1.82) is 0 Å². The summed E-state index contributed by atoms with van der Waals surface area (Å²) >= 11 is 0. The summed E-state index contributed by atoms with van der Waals surface area (Å²) in [6.07, 6.45) is 2.48. The van der Waals surface area contributed by atoms with Crippen molar-refractivity contribution in [2.45, 2.75) is 37.3 Å². The van der Waals surface area contributed by atoms with Gasteiger partial charge in [-0.1, -0.05) is 13.0 Å². The number of hydrogen-bond donors (Lipinski definition) is 0. The number of likely N-dealkylation sites (tertiary alicyclic amines) is 1. The highest BCUT2D eigenvalue weighted by Crippen LogP contribution is 2.46. The zero-order valence-corrected chi connectivity index (χ0v) is 12.3. The fourth-order valence-corrected chi connectivity index (χ4v) is 3.96. The molecule has 0 aromatic heterocycles. The van der Waals surface area contributed by atoms with Gasteiger partial charge in [-0.2, -0.15) is 0 Å². The van der Waals surface area contributed by atoms with Gasteiger partial charge in [0.2, 0.25) is 0 Å². The average Bonchev–Trinajstić information content (AvgIpc) is 2.43. The quantitative estimate of drug-likeness (QED) is 0.815.